The van der Waals surface area contributed by atoms with Crippen LogP contribution in [0.15, 0.2) is 26.3 Å². The summed E-state index contributed by atoms with van der Waals surface area (Å²) in [6.45, 7) is 2.07. The van der Waals surface area contributed by atoms with E-state index in [-0.39, 0.29) is 10.8 Å². The van der Waals surface area contributed by atoms with Crippen molar-refractivity contribution in [3.8, 4) is 0 Å². The molecule has 0 bridgehead atoms. The summed E-state index contributed by atoms with van der Waals surface area (Å²) < 4.78 is 27.5. The normalized spacial score (nSPS) is 11.9. The van der Waals surface area contributed by atoms with Gasteiger partial charge in [0.2, 0.25) is 0 Å². The van der Waals surface area contributed by atoms with Gasteiger partial charge in [-0.05, 0) is 34.3 Å². The van der Waals surface area contributed by atoms with Gasteiger partial charge in [-0.3, -0.25) is 0 Å². The molecule has 2 aromatic heterocycles. The number of aryl methyl sites for hydroxylation is 1. The Bertz CT molecular complexity index is 618. The first-order chi connectivity index (χ1) is 7.99. The van der Waals surface area contributed by atoms with Crippen LogP contribution in [0.4, 0.5) is 0 Å². The van der Waals surface area contributed by atoms with Crippen LogP contribution in [0.3, 0.4) is 0 Å². The fourth-order valence-corrected chi connectivity index (χ4v) is 4.82. The van der Waals surface area contributed by atoms with Crippen molar-refractivity contribution >= 4 is 48.6 Å². The number of nitrogens with zero attached hydrogens (tertiary/aromatic N) is 1. The molecule has 17 heavy (non-hydrogen) atoms. The summed E-state index contributed by atoms with van der Waals surface area (Å²) in [5.41, 5.74) is 0. The third-order valence-corrected chi connectivity index (χ3v) is 6.68. The van der Waals surface area contributed by atoms with E-state index in [9.17, 15) is 8.42 Å². The SMILES string of the molecule is Cc1ncc(S(=O)(=O)NCc2sccc2Br)s1. The Hall–Kier alpha value is -0.280. The summed E-state index contributed by atoms with van der Waals surface area (Å²) in [6, 6.07) is 1.89. The van der Waals surface area contributed by atoms with Gasteiger partial charge in [0.15, 0.2) is 4.21 Å². The monoisotopic (exact) mass is 352 g/mol. The van der Waals surface area contributed by atoms with Crippen molar-refractivity contribution in [3.05, 3.63) is 32.0 Å². The molecule has 2 heterocycles. The quantitative estimate of drug-likeness (QED) is 0.920. The van der Waals surface area contributed by atoms with Crippen LogP contribution in [0, 0.1) is 6.92 Å². The van der Waals surface area contributed by atoms with Gasteiger partial charge in [-0.25, -0.2) is 18.1 Å². The maximum Gasteiger partial charge on any atom is 0.252 e. The van der Waals surface area contributed by atoms with Crippen LogP contribution in [0.25, 0.3) is 0 Å². The zero-order chi connectivity index (χ0) is 12.5. The number of hydrogen-bond donors (Lipinski definition) is 1. The van der Waals surface area contributed by atoms with Crippen molar-refractivity contribution in [2.75, 3.05) is 0 Å². The molecule has 0 unspecified atom stereocenters. The Kier molecular flexibility index (Phi) is 3.99. The smallest absolute Gasteiger partial charge is 0.249 e. The lowest BCUT2D eigenvalue weighted by atomic mass is 10.5. The maximum absolute atomic E-state index is 11.9. The molecule has 8 heteroatoms. The van der Waals surface area contributed by atoms with Crippen LogP contribution < -0.4 is 4.72 Å². The van der Waals surface area contributed by atoms with E-state index in [1.807, 2.05) is 11.4 Å². The lowest BCUT2D eigenvalue weighted by Gasteiger charge is -2.02. The van der Waals surface area contributed by atoms with E-state index < -0.39 is 10.0 Å². The number of hydrogen-bond acceptors (Lipinski definition) is 5. The predicted octanol–water partition coefficient (Wildman–Crippen LogP) is 2.75. The lowest BCUT2D eigenvalue weighted by molar-refractivity contribution is 0.583. The number of nitrogens with one attached hydrogen (secondary N) is 1. The molecule has 0 aliphatic carbocycles. The van der Waals surface area contributed by atoms with Gasteiger partial charge < -0.3 is 0 Å². The third-order valence-electron chi connectivity index (χ3n) is 1.98. The van der Waals surface area contributed by atoms with Crippen LogP contribution in [-0.2, 0) is 16.6 Å². The van der Waals surface area contributed by atoms with Gasteiger partial charge in [0.1, 0.15) is 0 Å². The minimum absolute atomic E-state index is 0.252. The van der Waals surface area contributed by atoms with Crippen LogP contribution in [0.5, 0.6) is 0 Å². The second kappa shape index (κ2) is 5.15. The standard InChI is InChI=1S/C9H9BrN2O2S3/c1-6-11-5-9(16-6)17(13,14)12-4-8-7(10)2-3-15-8/h2-3,5,12H,4H2,1H3. The van der Waals surface area contributed by atoms with E-state index in [2.05, 4.69) is 25.6 Å². The van der Waals surface area contributed by atoms with Crippen molar-refractivity contribution in [1.82, 2.24) is 9.71 Å². The maximum atomic E-state index is 11.9. The molecule has 0 aliphatic rings. The van der Waals surface area contributed by atoms with Crippen LogP contribution >= 0.6 is 38.6 Å². The van der Waals surface area contributed by atoms with E-state index in [0.717, 1.165) is 14.4 Å². The Balaban J connectivity index is 2.11. The molecule has 0 spiro atoms. The molecule has 0 aromatic carbocycles. The average Bonchev–Trinajstić information content (AvgIpc) is 2.85. The molecule has 4 nitrogen and oxygen atoms in total. The zero-order valence-electron chi connectivity index (χ0n) is 8.81. The molecular weight excluding hydrogens is 344 g/mol. The summed E-state index contributed by atoms with van der Waals surface area (Å²) in [6.07, 6.45) is 1.38. The Morgan fingerprint density at radius 2 is 2.29 bits per heavy atom. The summed E-state index contributed by atoms with van der Waals surface area (Å²) >= 11 is 6.03. The predicted molar refractivity (Wildman–Crippen MR) is 72.9 cm³/mol. The molecule has 0 saturated heterocycles. The first kappa shape index (κ1) is 13.2. The lowest BCUT2D eigenvalue weighted by Crippen LogP contribution is -2.22. The molecule has 0 fully saturated rings. The molecule has 2 rings (SSSR count). The van der Waals surface area contributed by atoms with Gasteiger partial charge in [-0.1, -0.05) is 0 Å². The number of halogens is 1. The van der Waals surface area contributed by atoms with Gasteiger partial charge in [-0.15, -0.1) is 22.7 Å². The van der Waals surface area contributed by atoms with Gasteiger partial charge in [0, 0.05) is 15.9 Å². The molecule has 0 amide bonds. The Morgan fingerprint density at radius 3 is 2.82 bits per heavy atom. The van der Waals surface area contributed by atoms with E-state index in [1.165, 1.54) is 28.9 Å². The molecule has 1 N–H and O–H groups in total. The largest absolute Gasteiger partial charge is 0.252 e. The highest BCUT2D eigenvalue weighted by Gasteiger charge is 2.17. The summed E-state index contributed by atoms with van der Waals surface area (Å²) in [4.78, 5) is 4.89. The molecule has 0 saturated carbocycles. The summed E-state index contributed by atoms with van der Waals surface area (Å²) in [5.74, 6) is 0. The van der Waals surface area contributed by atoms with Gasteiger partial charge in [0.25, 0.3) is 10.0 Å². The van der Waals surface area contributed by atoms with Crippen molar-refractivity contribution in [3.63, 3.8) is 0 Å². The summed E-state index contributed by atoms with van der Waals surface area (Å²) in [5, 5.41) is 2.65. The Morgan fingerprint density at radius 1 is 1.53 bits per heavy atom. The molecule has 0 atom stereocenters. The number of thiophene rings is 1. The van der Waals surface area contributed by atoms with E-state index in [0.29, 0.717) is 0 Å². The van der Waals surface area contributed by atoms with Crippen molar-refractivity contribution < 1.29 is 8.42 Å². The first-order valence-corrected chi connectivity index (χ1v) is 8.60. The minimum Gasteiger partial charge on any atom is -0.249 e. The van der Waals surface area contributed by atoms with Crippen LogP contribution in [0.1, 0.15) is 9.88 Å². The van der Waals surface area contributed by atoms with Gasteiger partial charge in [-0.2, -0.15) is 0 Å². The highest BCUT2D eigenvalue weighted by Crippen LogP contribution is 2.23. The first-order valence-electron chi connectivity index (χ1n) is 4.63. The molecule has 0 aliphatic heterocycles. The van der Waals surface area contributed by atoms with E-state index >= 15 is 0 Å². The van der Waals surface area contributed by atoms with Crippen molar-refractivity contribution in [2.45, 2.75) is 17.7 Å². The fourth-order valence-electron chi connectivity index (χ4n) is 1.15. The molecule has 0 radical (unpaired) electrons. The molecule has 92 valence electrons. The number of sulfonamides is 1. The molecular formula is C9H9BrN2O2S3. The third kappa shape index (κ3) is 3.14. The zero-order valence-corrected chi connectivity index (χ0v) is 12.8. The van der Waals surface area contributed by atoms with E-state index in [1.54, 1.807) is 6.92 Å². The van der Waals surface area contributed by atoms with Crippen LogP contribution in [0.2, 0.25) is 0 Å². The second-order valence-corrected chi connectivity index (χ2v) is 8.30. The number of aromatic nitrogens is 1. The fraction of sp³-hybridized carbons (Fsp3) is 0.222. The number of rotatable bonds is 4. The highest BCUT2D eigenvalue weighted by atomic mass is 79.9. The second-order valence-electron chi connectivity index (χ2n) is 3.21. The van der Waals surface area contributed by atoms with Crippen LogP contribution in [-0.4, -0.2) is 13.4 Å². The summed E-state index contributed by atoms with van der Waals surface area (Å²) in [7, 11) is -3.44. The van der Waals surface area contributed by atoms with E-state index in [4.69, 9.17) is 0 Å². The van der Waals surface area contributed by atoms with Crippen molar-refractivity contribution in [2.24, 2.45) is 0 Å². The highest BCUT2D eigenvalue weighted by molar-refractivity contribution is 9.10. The number of thiazole rings is 1. The minimum atomic E-state index is -3.44. The van der Waals surface area contributed by atoms with Crippen molar-refractivity contribution in [1.29, 1.82) is 0 Å². The van der Waals surface area contributed by atoms with Gasteiger partial charge >= 0.3 is 0 Å². The Labute approximate surface area is 116 Å². The topological polar surface area (TPSA) is 59.1 Å². The van der Waals surface area contributed by atoms with Gasteiger partial charge in [0.05, 0.1) is 11.2 Å². The molecule has 2 aromatic rings. The average molecular weight is 353 g/mol.